The lowest BCUT2D eigenvalue weighted by molar-refractivity contribution is 0.0988. The molecule has 7 heteroatoms. The number of rotatable bonds is 5. The zero-order valence-electron chi connectivity index (χ0n) is 15.6. The molecular formula is C20H20FN3O3. The standard InChI is InChI=1S/C20H20FN3O3/c1-13-11-16(22-24(13)17-8-6-5-7-15(17)21)20(25)23(2)14-9-10-18(26-3)19(12-14)27-4/h5-12H,1-4H3. The summed E-state index contributed by atoms with van der Waals surface area (Å²) < 4.78 is 26.0. The van der Waals surface area contributed by atoms with Crippen LogP contribution in [0.5, 0.6) is 11.5 Å². The Labute approximate surface area is 156 Å². The van der Waals surface area contributed by atoms with Crippen molar-refractivity contribution in [1.29, 1.82) is 0 Å². The molecule has 0 fully saturated rings. The van der Waals surface area contributed by atoms with Gasteiger partial charge in [-0.3, -0.25) is 4.79 Å². The molecule has 3 aromatic rings. The zero-order chi connectivity index (χ0) is 19.6. The fourth-order valence-corrected chi connectivity index (χ4v) is 2.77. The van der Waals surface area contributed by atoms with E-state index in [0.717, 1.165) is 0 Å². The highest BCUT2D eigenvalue weighted by atomic mass is 19.1. The molecule has 0 saturated heterocycles. The van der Waals surface area contributed by atoms with Crippen LogP contribution in [0.25, 0.3) is 5.69 Å². The number of methoxy groups -OCH3 is 2. The van der Waals surface area contributed by atoms with Crippen molar-refractivity contribution in [3.63, 3.8) is 0 Å². The fraction of sp³-hybridized carbons (Fsp3) is 0.200. The molecule has 0 aliphatic rings. The third kappa shape index (κ3) is 3.48. The number of carbonyl (C=O) groups excluding carboxylic acids is 1. The summed E-state index contributed by atoms with van der Waals surface area (Å²) in [6, 6.07) is 13.1. The number of carbonyl (C=O) groups is 1. The van der Waals surface area contributed by atoms with E-state index in [2.05, 4.69) is 5.10 Å². The van der Waals surface area contributed by atoms with Crippen LogP contribution in [0, 0.1) is 12.7 Å². The van der Waals surface area contributed by atoms with Crippen molar-refractivity contribution in [2.24, 2.45) is 0 Å². The van der Waals surface area contributed by atoms with Gasteiger partial charge in [0.1, 0.15) is 11.5 Å². The van der Waals surface area contributed by atoms with Crippen molar-refractivity contribution in [3.8, 4) is 17.2 Å². The Morgan fingerprint density at radius 1 is 1.07 bits per heavy atom. The number of aromatic nitrogens is 2. The molecule has 1 amide bonds. The molecule has 1 heterocycles. The number of hydrogen-bond donors (Lipinski definition) is 0. The first-order valence-corrected chi connectivity index (χ1v) is 8.28. The van der Waals surface area contributed by atoms with Crippen LogP contribution in [0.2, 0.25) is 0 Å². The van der Waals surface area contributed by atoms with Gasteiger partial charge in [-0.1, -0.05) is 12.1 Å². The van der Waals surface area contributed by atoms with Gasteiger partial charge >= 0.3 is 0 Å². The average molecular weight is 369 g/mol. The van der Waals surface area contributed by atoms with Gasteiger partial charge in [0.05, 0.1) is 14.2 Å². The summed E-state index contributed by atoms with van der Waals surface area (Å²) in [4.78, 5) is 14.3. The van der Waals surface area contributed by atoms with Gasteiger partial charge in [-0.25, -0.2) is 9.07 Å². The molecule has 0 saturated carbocycles. The quantitative estimate of drug-likeness (QED) is 0.689. The lowest BCUT2D eigenvalue weighted by Crippen LogP contribution is -2.26. The zero-order valence-corrected chi connectivity index (χ0v) is 15.6. The summed E-state index contributed by atoms with van der Waals surface area (Å²) in [7, 11) is 4.72. The van der Waals surface area contributed by atoms with Gasteiger partial charge in [0.25, 0.3) is 5.91 Å². The van der Waals surface area contributed by atoms with Crippen molar-refractivity contribution in [1.82, 2.24) is 9.78 Å². The van der Waals surface area contributed by atoms with E-state index < -0.39 is 5.82 Å². The minimum Gasteiger partial charge on any atom is -0.493 e. The minimum atomic E-state index is -0.407. The van der Waals surface area contributed by atoms with Crippen molar-refractivity contribution in [2.45, 2.75) is 6.92 Å². The first-order chi connectivity index (χ1) is 13.0. The minimum absolute atomic E-state index is 0.216. The van der Waals surface area contributed by atoms with E-state index in [-0.39, 0.29) is 11.6 Å². The monoisotopic (exact) mass is 369 g/mol. The number of halogens is 1. The molecule has 0 N–H and O–H groups in total. The maximum Gasteiger partial charge on any atom is 0.278 e. The van der Waals surface area contributed by atoms with Gasteiger partial charge in [-0.2, -0.15) is 5.10 Å². The predicted octanol–water partition coefficient (Wildman–Crippen LogP) is 3.61. The van der Waals surface area contributed by atoms with E-state index in [1.165, 1.54) is 22.8 Å². The lowest BCUT2D eigenvalue weighted by Gasteiger charge is -2.18. The highest BCUT2D eigenvalue weighted by Crippen LogP contribution is 2.31. The second kappa shape index (κ2) is 7.49. The number of benzene rings is 2. The molecule has 0 bridgehead atoms. The molecule has 0 spiro atoms. The smallest absolute Gasteiger partial charge is 0.278 e. The summed E-state index contributed by atoms with van der Waals surface area (Å²) in [5.41, 5.74) is 1.79. The molecule has 2 aromatic carbocycles. The van der Waals surface area contributed by atoms with Gasteiger partial charge in [0.2, 0.25) is 0 Å². The summed E-state index contributed by atoms with van der Waals surface area (Å²) in [5.74, 6) is 0.362. The number of ether oxygens (including phenoxy) is 2. The van der Waals surface area contributed by atoms with Gasteiger partial charge < -0.3 is 14.4 Å². The molecule has 27 heavy (non-hydrogen) atoms. The number of hydrogen-bond acceptors (Lipinski definition) is 4. The third-order valence-electron chi connectivity index (χ3n) is 4.25. The van der Waals surface area contributed by atoms with E-state index in [9.17, 15) is 9.18 Å². The second-order valence-corrected chi connectivity index (χ2v) is 5.94. The Kier molecular flexibility index (Phi) is 5.12. The number of nitrogens with zero attached hydrogens (tertiary/aromatic N) is 3. The Morgan fingerprint density at radius 3 is 2.44 bits per heavy atom. The number of amides is 1. The van der Waals surface area contributed by atoms with Gasteiger partial charge in [0, 0.05) is 24.5 Å². The average Bonchev–Trinajstić information content (AvgIpc) is 3.08. The van der Waals surface area contributed by atoms with Crippen molar-refractivity contribution < 1.29 is 18.7 Å². The molecule has 1 aromatic heterocycles. The van der Waals surface area contributed by atoms with E-state index in [4.69, 9.17) is 9.47 Å². The number of aryl methyl sites for hydroxylation is 1. The lowest BCUT2D eigenvalue weighted by atomic mass is 10.2. The molecular weight excluding hydrogens is 349 g/mol. The Hall–Kier alpha value is -3.35. The van der Waals surface area contributed by atoms with Gasteiger partial charge in [-0.05, 0) is 37.3 Å². The van der Waals surface area contributed by atoms with Crippen molar-refractivity contribution >= 4 is 11.6 Å². The molecule has 0 unspecified atom stereocenters. The summed E-state index contributed by atoms with van der Waals surface area (Å²) in [6.45, 7) is 1.77. The van der Waals surface area contributed by atoms with Gasteiger partial charge in [-0.15, -0.1) is 0 Å². The molecule has 0 aliphatic heterocycles. The van der Waals surface area contributed by atoms with Crippen LogP contribution in [0.4, 0.5) is 10.1 Å². The van der Waals surface area contributed by atoms with Crippen molar-refractivity contribution in [3.05, 3.63) is 65.7 Å². The normalized spacial score (nSPS) is 10.6. The van der Waals surface area contributed by atoms with Crippen LogP contribution in [-0.2, 0) is 0 Å². The fourth-order valence-electron chi connectivity index (χ4n) is 2.77. The third-order valence-corrected chi connectivity index (χ3v) is 4.25. The first kappa shape index (κ1) is 18.4. The topological polar surface area (TPSA) is 56.6 Å². The number of para-hydroxylation sites is 1. The van der Waals surface area contributed by atoms with Crippen LogP contribution in [0.1, 0.15) is 16.2 Å². The molecule has 0 atom stereocenters. The second-order valence-electron chi connectivity index (χ2n) is 5.94. The summed E-state index contributed by atoms with van der Waals surface area (Å²) in [6.07, 6.45) is 0. The van der Waals surface area contributed by atoms with Crippen LogP contribution >= 0.6 is 0 Å². The molecule has 0 radical (unpaired) electrons. The molecule has 0 aliphatic carbocycles. The molecule has 140 valence electrons. The summed E-state index contributed by atoms with van der Waals surface area (Å²) in [5, 5.41) is 4.29. The molecule has 3 rings (SSSR count). The highest BCUT2D eigenvalue weighted by molar-refractivity contribution is 6.04. The van der Waals surface area contributed by atoms with Crippen LogP contribution in [-0.4, -0.2) is 37.0 Å². The van der Waals surface area contributed by atoms with E-state index in [0.29, 0.717) is 28.6 Å². The van der Waals surface area contributed by atoms with Gasteiger partial charge in [0.15, 0.2) is 17.2 Å². The largest absolute Gasteiger partial charge is 0.493 e. The summed E-state index contributed by atoms with van der Waals surface area (Å²) >= 11 is 0. The Balaban J connectivity index is 1.92. The molecule has 6 nitrogen and oxygen atoms in total. The van der Waals surface area contributed by atoms with Crippen LogP contribution in [0.3, 0.4) is 0 Å². The number of anilines is 1. The Morgan fingerprint density at radius 2 is 1.78 bits per heavy atom. The Bertz CT molecular complexity index is 984. The highest BCUT2D eigenvalue weighted by Gasteiger charge is 2.20. The van der Waals surface area contributed by atoms with Crippen LogP contribution in [0.15, 0.2) is 48.5 Å². The van der Waals surface area contributed by atoms with Crippen molar-refractivity contribution in [2.75, 3.05) is 26.2 Å². The van der Waals surface area contributed by atoms with E-state index in [1.807, 2.05) is 0 Å². The maximum atomic E-state index is 14.1. The van der Waals surface area contributed by atoms with E-state index >= 15 is 0 Å². The van der Waals surface area contributed by atoms with Crippen LogP contribution < -0.4 is 14.4 Å². The maximum absolute atomic E-state index is 14.1. The van der Waals surface area contributed by atoms with E-state index in [1.54, 1.807) is 63.5 Å². The SMILES string of the molecule is COc1ccc(N(C)C(=O)c2cc(C)n(-c3ccccc3F)n2)cc1OC. The predicted molar refractivity (Wildman–Crippen MR) is 101 cm³/mol. The first-order valence-electron chi connectivity index (χ1n) is 8.28.